The number of benzene rings is 1. The monoisotopic (exact) mass is 296 g/mol. The first-order valence-corrected chi connectivity index (χ1v) is 7.24. The minimum absolute atomic E-state index is 0.642. The van der Waals surface area contributed by atoms with Gasteiger partial charge in [0.25, 0.3) is 0 Å². The van der Waals surface area contributed by atoms with E-state index in [4.69, 9.17) is 5.26 Å². The van der Waals surface area contributed by atoms with E-state index in [9.17, 15) is 0 Å². The van der Waals surface area contributed by atoms with Crippen molar-refractivity contribution in [1.82, 2.24) is 15.0 Å². The van der Waals surface area contributed by atoms with Crippen molar-refractivity contribution in [2.24, 2.45) is 0 Å². The average molecular weight is 296 g/mol. The number of pyridine rings is 2. The minimum atomic E-state index is 0.642. The number of aromatic nitrogens is 3. The topological polar surface area (TPSA) is 65.4 Å². The maximum Gasteiger partial charge on any atom is 0.138 e. The van der Waals surface area contributed by atoms with E-state index in [-0.39, 0.29) is 0 Å². The molecular weight excluding hydrogens is 284 g/mol. The van der Waals surface area contributed by atoms with Crippen LogP contribution in [-0.2, 0) is 0 Å². The van der Waals surface area contributed by atoms with Gasteiger partial charge in [-0.3, -0.25) is 4.98 Å². The Balaban J connectivity index is 2.00. The summed E-state index contributed by atoms with van der Waals surface area (Å²) in [5.41, 5.74) is 5.60. The highest BCUT2D eigenvalue weighted by Crippen LogP contribution is 2.35. The Labute approximate surface area is 133 Å². The molecule has 1 aromatic carbocycles. The largest absolute Gasteiger partial charge is 0.345 e. The van der Waals surface area contributed by atoms with Crippen LogP contribution >= 0.6 is 0 Å². The molecule has 0 spiro atoms. The molecule has 4 rings (SSSR count). The summed E-state index contributed by atoms with van der Waals surface area (Å²) in [4.78, 5) is 11.8. The van der Waals surface area contributed by atoms with Gasteiger partial charge < -0.3 is 4.98 Å². The maximum atomic E-state index is 9.13. The second-order valence-electron chi connectivity index (χ2n) is 5.22. The number of hydrogen-bond acceptors (Lipinski definition) is 3. The van der Waals surface area contributed by atoms with E-state index in [1.165, 1.54) is 0 Å². The molecule has 3 heterocycles. The first-order valence-electron chi connectivity index (χ1n) is 7.24. The van der Waals surface area contributed by atoms with E-state index in [0.717, 1.165) is 33.3 Å². The highest BCUT2D eigenvalue weighted by molar-refractivity contribution is 6.03. The van der Waals surface area contributed by atoms with Crippen molar-refractivity contribution in [3.63, 3.8) is 0 Å². The first kappa shape index (κ1) is 13.2. The molecule has 0 fully saturated rings. The molecule has 4 heteroatoms. The summed E-state index contributed by atoms with van der Waals surface area (Å²) in [6.07, 6.45) is 7.33. The summed E-state index contributed by atoms with van der Waals surface area (Å²) in [6, 6.07) is 15.7. The van der Waals surface area contributed by atoms with Crippen LogP contribution in [0.1, 0.15) is 5.56 Å². The van der Waals surface area contributed by atoms with E-state index in [0.29, 0.717) is 5.56 Å². The van der Waals surface area contributed by atoms with E-state index in [1.54, 1.807) is 18.5 Å². The fourth-order valence-electron chi connectivity index (χ4n) is 2.80. The van der Waals surface area contributed by atoms with Gasteiger partial charge in [0.2, 0.25) is 0 Å². The molecule has 0 amide bonds. The highest BCUT2D eigenvalue weighted by Gasteiger charge is 2.13. The van der Waals surface area contributed by atoms with Crippen molar-refractivity contribution in [3.05, 3.63) is 72.8 Å². The van der Waals surface area contributed by atoms with E-state index < -0.39 is 0 Å². The Bertz CT molecular complexity index is 1030. The van der Waals surface area contributed by atoms with E-state index >= 15 is 0 Å². The molecule has 0 saturated carbocycles. The molecule has 4 nitrogen and oxygen atoms in total. The Morgan fingerprint density at radius 3 is 2.70 bits per heavy atom. The molecule has 0 aliphatic heterocycles. The van der Waals surface area contributed by atoms with Crippen molar-refractivity contribution in [1.29, 1.82) is 5.26 Å². The van der Waals surface area contributed by atoms with Crippen LogP contribution in [0.4, 0.5) is 0 Å². The lowest BCUT2D eigenvalue weighted by atomic mass is 9.98. The lowest BCUT2D eigenvalue weighted by Crippen LogP contribution is -1.85. The minimum Gasteiger partial charge on any atom is -0.345 e. The smallest absolute Gasteiger partial charge is 0.138 e. The maximum absolute atomic E-state index is 9.13. The van der Waals surface area contributed by atoms with Crippen LogP contribution in [0.25, 0.3) is 33.3 Å². The fourth-order valence-corrected chi connectivity index (χ4v) is 2.80. The van der Waals surface area contributed by atoms with Gasteiger partial charge in [0, 0.05) is 41.3 Å². The number of H-pyrrole nitrogens is 1. The number of hydrogen-bond donors (Lipinski definition) is 1. The van der Waals surface area contributed by atoms with Crippen LogP contribution in [0.15, 0.2) is 67.3 Å². The molecule has 0 radical (unpaired) electrons. The summed E-state index contributed by atoms with van der Waals surface area (Å²) in [5.74, 6) is 0. The lowest BCUT2D eigenvalue weighted by Gasteiger charge is -2.06. The molecule has 0 aliphatic carbocycles. The van der Waals surface area contributed by atoms with E-state index in [2.05, 4.69) is 21.0 Å². The number of nitriles is 1. The third-order valence-electron chi connectivity index (χ3n) is 3.85. The standard InChI is InChI=1S/C19H12N4/c20-10-13-3-1-4-14(9-13)17-12-23-19-18(17)16(6-8-22-19)15-5-2-7-21-11-15/h1-9,11-12H,(H,22,23). The second kappa shape index (κ2) is 5.39. The molecule has 23 heavy (non-hydrogen) atoms. The van der Waals surface area contributed by atoms with Crippen molar-refractivity contribution >= 4 is 11.0 Å². The van der Waals surface area contributed by atoms with Crippen molar-refractivity contribution < 1.29 is 0 Å². The molecule has 0 saturated heterocycles. The summed E-state index contributed by atoms with van der Waals surface area (Å²) in [5, 5.41) is 10.2. The van der Waals surface area contributed by atoms with Crippen molar-refractivity contribution in [3.8, 4) is 28.3 Å². The Kier molecular flexibility index (Phi) is 3.10. The molecule has 4 aromatic rings. The van der Waals surface area contributed by atoms with E-state index in [1.807, 2.05) is 48.8 Å². The molecule has 0 unspecified atom stereocenters. The quantitative estimate of drug-likeness (QED) is 0.604. The van der Waals surface area contributed by atoms with Gasteiger partial charge in [-0.25, -0.2) is 4.98 Å². The molecule has 0 bridgehead atoms. The second-order valence-corrected chi connectivity index (χ2v) is 5.22. The van der Waals surface area contributed by atoms with Crippen LogP contribution < -0.4 is 0 Å². The van der Waals surface area contributed by atoms with Gasteiger partial charge in [0.15, 0.2) is 0 Å². The van der Waals surface area contributed by atoms with Crippen molar-refractivity contribution in [2.45, 2.75) is 0 Å². The molecule has 0 atom stereocenters. The van der Waals surface area contributed by atoms with Gasteiger partial charge in [-0.2, -0.15) is 5.26 Å². The lowest BCUT2D eigenvalue weighted by molar-refractivity contribution is 1.31. The first-order chi connectivity index (χ1) is 11.4. The summed E-state index contributed by atoms with van der Waals surface area (Å²) in [6.45, 7) is 0. The zero-order valence-electron chi connectivity index (χ0n) is 12.2. The average Bonchev–Trinajstić information content (AvgIpc) is 3.07. The normalized spacial score (nSPS) is 10.6. The van der Waals surface area contributed by atoms with Crippen LogP contribution in [0, 0.1) is 11.3 Å². The number of nitrogens with one attached hydrogen (secondary N) is 1. The molecule has 0 aliphatic rings. The number of rotatable bonds is 2. The zero-order valence-corrected chi connectivity index (χ0v) is 12.2. The SMILES string of the molecule is N#Cc1cccc(-c2c[nH]c3nccc(-c4cccnc4)c23)c1. The summed E-state index contributed by atoms with van der Waals surface area (Å²) in [7, 11) is 0. The molecule has 3 aromatic heterocycles. The van der Waals surface area contributed by atoms with Gasteiger partial charge in [-0.05, 0) is 35.4 Å². The van der Waals surface area contributed by atoms with Gasteiger partial charge >= 0.3 is 0 Å². The predicted octanol–water partition coefficient (Wildman–Crippen LogP) is 4.16. The zero-order chi connectivity index (χ0) is 15.6. The number of fused-ring (bicyclic) bond motifs is 1. The van der Waals surface area contributed by atoms with Crippen LogP contribution in [-0.4, -0.2) is 15.0 Å². The van der Waals surface area contributed by atoms with Gasteiger partial charge in [0.1, 0.15) is 5.65 Å². The summed E-state index contributed by atoms with van der Waals surface area (Å²) >= 11 is 0. The van der Waals surface area contributed by atoms with Crippen LogP contribution in [0.2, 0.25) is 0 Å². The number of aromatic amines is 1. The van der Waals surface area contributed by atoms with Gasteiger partial charge in [-0.1, -0.05) is 18.2 Å². The Hall–Kier alpha value is -3.45. The van der Waals surface area contributed by atoms with Gasteiger partial charge in [-0.15, -0.1) is 0 Å². The highest BCUT2D eigenvalue weighted by atomic mass is 14.8. The van der Waals surface area contributed by atoms with Crippen molar-refractivity contribution in [2.75, 3.05) is 0 Å². The Morgan fingerprint density at radius 2 is 1.87 bits per heavy atom. The fraction of sp³-hybridized carbons (Fsp3) is 0. The Morgan fingerprint density at radius 1 is 0.957 bits per heavy atom. The summed E-state index contributed by atoms with van der Waals surface area (Å²) < 4.78 is 0. The van der Waals surface area contributed by atoms with Gasteiger partial charge in [0.05, 0.1) is 11.6 Å². The molecule has 108 valence electrons. The molecule has 1 N–H and O–H groups in total. The predicted molar refractivity (Wildman–Crippen MR) is 89.5 cm³/mol. The van der Waals surface area contributed by atoms with Crippen LogP contribution in [0.5, 0.6) is 0 Å². The third kappa shape index (κ3) is 2.25. The number of nitrogens with zero attached hydrogens (tertiary/aromatic N) is 3. The molecular formula is C19H12N4. The van der Waals surface area contributed by atoms with Crippen LogP contribution in [0.3, 0.4) is 0 Å². The third-order valence-corrected chi connectivity index (χ3v) is 3.85.